The number of benzene rings is 1. The Bertz CT molecular complexity index is 1280. The molecule has 3 aliphatic heterocycles. The van der Waals surface area contributed by atoms with E-state index in [-0.39, 0.29) is 30.0 Å². The summed E-state index contributed by atoms with van der Waals surface area (Å²) in [5.41, 5.74) is -0.834. The first kappa shape index (κ1) is 26.3. The molecule has 2 unspecified atom stereocenters. The number of amides is 4. The molecule has 10 nitrogen and oxygen atoms in total. The Labute approximate surface area is 225 Å². The number of amidine groups is 1. The van der Waals surface area contributed by atoms with Crippen LogP contribution in [0.15, 0.2) is 29.3 Å². The molecule has 1 spiro atoms. The standard InChI is InChI=1S/C27H34N6O4S/c1-2-29-26(37)31-24-22(17-8-4-5-9-19(17)38-24)23(35)18-16-28-13-12-27(18)25(36)30-20(32-27)10-11-21(34)33-14-6-3-7-15-33/h4-5,8-9,18,28H,2-3,6-7,10-16H2,1H3,(H2,29,31,37)(H,30,32,36). The summed E-state index contributed by atoms with van der Waals surface area (Å²) in [6.45, 7) is 4.68. The van der Waals surface area contributed by atoms with Crippen LogP contribution in [0.4, 0.5) is 9.80 Å². The molecule has 0 radical (unpaired) electrons. The first-order valence-corrected chi connectivity index (χ1v) is 14.2. The zero-order valence-corrected chi connectivity index (χ0v) is 22.4. The highest BCUT2D eigenvalue weighted by Crippen LogP contribution is 2.41. The molecule has 1 aromatic heterocycles. The van der Waals surface area contributed by atoms with Gasteiger partial charge < -0.3 is 20.9 Å². The van der Waals surface area contributed by atoms with Gasteiger partial charge in [-0.1, -0.05) is 18.2 Å². The second-order valence-corrected chi connectivity index (χ2v) is 11.1. The van der Waals surface area contributed by atoms with E-state index >= 15 is 0 Å². The molecule has 0 saturated carbocycles. The van der Waals surface area contributed by atoms with Gasteiger partial charge in [0.05, 0.1) is 11.5 Å². The molecule has 38 heavy (non-hydrogen) atoms. The van der Waals surface area contributed by atoms with E-state index in [9.17, 15) is 19.2 Å². The van der Waals surface area contributed by atoms with Gasteiger partial charge in [-0.05, 0) is 45.2 Å². The van der Waals surface area contributed by atoms with E-state index in [4.69, 9.17) is 4.99 Å². The van der Waals surface area contributed by atoms with Crippen LogP contribution in [0.25, 0.3) is 10.1 Å². The molecular formula is C27H34N6O4S. The van der Waals surface area contributed by atoms with Gasteiger partial charge in [0.2, 0.25) is 5.91 Å². The number of nitrogens with zero attached hydrogens (tertiary/aromatic N) is 2. The number of likely N-dealkylation sites (tertiary alicyclic amines) is 1. The third kappa shape index (κ3) is 5.04. The van der Waals surface area contributed by atoms with E-state index in [1.165, 1.54) is 11.3 Å². The SMILES string of the molecule is CCNC(=O)Nc1sc2ccccc2c1C(=O)C1CNCCC12N=C(CCC(=O)N1CCCCC1)NC2=O. The first-order chi connectivity index (χ1) is 18.4. The molecule has 0 bridgehead atoms. The van der Waals surface area contributed by atoms with E-state index in [2.05, 4.69) is 21.3 Å². The molecule has 2 atom stereocenters. The van der Waals surface area contributed by atoms with Gasteiger partial charge in [0.25, 0.3) is 5.91 Å². The summed E-state index contributed by atoms with van der Waals surface area (Å²) in [6.07, 6.45) is 4.19. The Kier molecular flexibility index (Phi) is 7.75. The van der Waals surface area contributed by atoms with Crippen molar-refractivity contribution in [2.45, 2.75) is 51.0 Å². The zero-order chi connectivity index (χ0) is 26.7. The molecule has 3 aliphatic rings. The molecule has 2 aromatic rings. The monoisotopic (exact) mass is 538 g/mol. The molecule has 2 fully saturated rings. The molecule has 4 heterocycles. The van der Waals surface area contributed by atoms with Crippen LogP contribution in [0.3, 0.4) is 0 Å². The highest BCUT2D eigenvalue weighted by Gasteiger charge is 2.54. The molecular weight excluding hydrogens is 504 g/mol. The van der Waals surface area contributed by atoms with Crippen molar-refractivity contribution in [1.82, 2.24) is 20.9 Å². The van der Waals surface area contributed by atoms with E-state index in [0.29, 0.717) is 48.9 Å². The van der Waals surface area contributed by atoms with Gasteiger partial charge in [-0.3, -0.25) is 24.7 Å². The van der Waals surface area contributed by atoms with E-state index in [1.807, 2.05) is 36.1 Å². The highest BCUT2D eigenvalue weighted by atomic mass is 32.1. The number of piperidine rings is 2. The minimum Gasteiger partial charge on any atom is -0.343 e. The number of hydrogen-bond acceptors (Lipinski definition) is 7. The zero-order valence-electron chi connectivity index (χ0n) is 21.6. The van der Waals surface area contributed by atoms with Crippen LogP contribution < -0.4 is 21.3 Å². The number of carbonyl (C=O) groups excluding carboxylic acids is 4. The molecule has 5 rings (SSSR count). The second-order valence-electron chi connectivity index (χ2n) is 10.0. The number of aliphatic imine (C=N–C) groups is 1. The molecule has 4 amide bonds. The molecule has 202 valence electrons. The van der Waals surface area contributed by atoms with Gasteiger partial charge in [0.15, 0.2) is 11.3 Å². The number of nitrogens with one attached hydrogen (secondary N) is 4. The van der Waals surface area contributed by atoms with Crippen molar-refractivity contribution < 1.29 is 19.2 Å². The number of Topliss-reactive ketones (excluding diaryl/α,β-unsaturated/α-hetero) is 1. The maximum Gasteiger partial charge on any atom is 0.319 e. The summed E-state index contributed by atoms with van der Waals surface area (Å²) < 4.78 is 0.872. The van der Waals surface area contributed by atoms with Gasteiger partial charge in [0, 0.05) is 49.1 Å². The lowest BCUT2D eigenvalue weighted by atomic mass is 9.74. The molecule has 4 N–H and O–H groups in total. The van der Waals surface area contributed by atoms with Gasteiger partial charge >= 0.3 is 6.03 Å². The fourth-order valence-corrected chi connectivity index (χ4v) is 6.75. The van der Waals surface area contributed by atoms with E-state index in [0.717, 1.165) is 42.4 Å². The average Bonchev–Trinajstić information content (AvgIpc) is 3.44. The predicted octanol–water partition coefficient (Wildman–Crippen LogP) is 2.89. The van der Waals surface area contributed by atoms with Gasteiger partial charge in [-0.15, -0.1) is 11.3 Å². The molecule has 11 heteroatoms. The number of urea groups is 1. The lowest BCUT2D eigenvalue weighted by molar-refractivity contribution is -0.132. The summed E-state index contributed by atoms with van der Waals surface area (Å²) in [6, 6.07) is 7.13. The van der Waals surface area contributed by atoms with Crippen LogP contribution in [-0.4, -0.2) is 72.6 Å². The Morgan fingerprint density at radius 3 is 2.76 bits per heavy atom. The quantitative estimate of drug-likeness (QED) is 0.403. The van der Waals surface area contributed by atoms with E-state index in [1.54, 1.807) is 0 Å². The number of hydrogen-bond donors (Lipinski definition) is 4. The normalized spacial score (nSPS) is 23.3. The Balaban J connectivity index is 1.42. The van der Waals surface area contributed by atoms with Crippen LogP contribution in [-0.2, 0) is 9.59 Å². The Hall–Kier alpha value is -3.31. The lowest BCUT2D eigenvalue weighted by Crippen LogP contribution is -2.57. The van der Waals surface area contributed by atoms with Crippen LogP contribution >= 0.6 is 11.3 Å². The maximum atomic E-state index is 14.2. The third-order valence-electron chi connectivity index (χ3n) is 7.60. The average molecular weight is 539 g/mol. The largest absolute Gasteiger partial charge is 0.343 e. The van der Waals surface area contributed by atoms with Crippen molar-refractivity contribution in [3.05, 3.63) is 29.8 Å². The van der Waals surface area contributed by atoms with Gasteiger partial charge in [-0.25, -0.2) is 4.79 Å². The minimum atomic E-state index is -1.24. The summed E-state index contributed by atoms with van der Waals surface area (Å²) in [5.74, 6) is -0.733. The Morgan fingerprint density at radius 1 is 1.18 bits per heavy atom. The van der Waals surface area contributed by atoms with Crippen molar-refractivity contribution in [3.8, 4) is 0 Å². The number of rotatable bonds is 7. The number of thiophene rings is 1. The molecule has 1 aromatic carbocycles. The summed E-state index contributed by atoms with van der Waals surface area (Å²) in [5, 5.41) is 12.9. The van der Waals surface area contributed by atoms with Crippen molar-refractivity contribution in [2.75, 3.05) is 38.0 Å². The number of anilines is 1. The van der Waals surface area contributed by atoms with E-state index < -0.39 is 11.5 Å². The van der Waals surface area contributed by atoms with Crippen LogP contribution in [0, 0.1) is 5.92 Å². The molecule has 2 saturated heterocycles. The summed E-state index contributed by atoms with van der Waals surface area (Å²) in [7, 11) is 0. The van der Waals surface area contributed by atoms with Crippen molar-refractivity contribution in [3.63, 3.8) is 0 Å². The summed E-state index contributed by atoms with van der Waals surface area (Å²) >= 11 is 1.34. The third-order valence-corrected chi connectivity index (χ3v) is 8.69. The predicted molar refractivity (Wildman–Crippen MR) is 148 cm³/mol. The topological polar surface area (TPSA) is 132 Å². The second kappa shape index (κ2) is 11.2. The number of carbonyl (C=O) groups is 4. The van der Waals surface area contributed by atoms with Crippen molar-refractivity contribution >= 4 is 55.9 Å². The Morgan fingerprint density at radius 2 is 1.97 bits per heavy atom. The maximum absolute atomic E-state index is 14.2. The molecule has 0 aliphatic carbocycles. The van der Waals surface area contributed by atoms with Crippen LogP contribution in [0.5, 0.6) is 0 Å². The van der Waals surface area contributed by atoms with Crippen molar-refractivity contribution in [2.24, 2.45) is 10.9 Å². The van der Waals surface area contributed by atoms with Crippen LogP contribution in [0.2, 0.25) is 0 Å². The summed E-state index contributed by atoms with van der Waals surface area (Å²) in [4.78, 5) is 59.4. The van der Waals surface area contributed by atoms with Crippen LogP contribution in [0.1, 0.15) is 55.8 Å². The lowest BCUT2D eigenvalue weighted by Gasteiger charge is -2.36. The fraction of sp³-hybridized carbons (Fsp3) is 0.519. The minimum absolute atomic E-state index is 0.0753. The van der Waals surface area contributed by atoms with Gasteiger partial charge in [-0.2, -0.15) is 0 Å². The van der Waals surface area contributed by atoms with Crippen molar-refractivity contribution in [1.29, 1.82) is 0 Å². The number of ketones is 1. The fourth-order valence-electron chi connectivity index (χ4n) is 5.65. The highest BCUT2D eigenvalue weighted by molar-refractivity contribution is 7.23. The van der Waals surface area contributed by atoms with Gasteiger partial charge in [0.1, 0.15) is 10.8 Å². The smallest absolute Gasteiger partial charge is 0.319 e. The first-order valence-electron chi connectivity index (χ1n) is 13.4. The number of fused-ring (bicyclic) bond motifs is 1.